The second kappa shape index (κ2) is 6.32. The molecule has 0 aliphatic rings. The lowest BCUT2D eigenvalue weighted by Crippen LogP contribution is -2.18. The minimum Gasteiger partial charge on any atom is -0.444 e. The number of aryl methyl sites for hydroxylation is 1. The number of aromatic nitrogens is 4. The van der Waals surface area contributed by atoms with Crippen LogP contribution in [0, 0.1) is 0 Å². The fourth-order valence-electron chi connectivity index (χ4n) is 2.04. The third-order valence-corrected chi connectivity index (χ3v) is 3.21. The molecule has 3 heterocycles. The molecule has 0 aliphatic heterocycles. The van der Waals surface area contributed by atoms with Gasteiger partial charge in [0.05, 0.1) is 11.3 Å². The summed E-state index contributed by atoms with van der Waals surface area (Å²) in [5.74, 6) is -0.992. The molecule has 3 rings (SSSR count). The van der Waals surface area contributed by atoms with Crippen molar-refractivity contribution in [1.82, 2.24) is 19.7 Å². The summed E-state index contributed by atoms with van der Waals surface area (Å²) in [6.07, 6.45) is 5.95. The second-order valence-corrected chi connectivity index (χ2v) is 4.85. The van der Waals surface area contributed by atoms with Crippen LogP contribution < -0.4 is 11.1 Å². The third-order valence-electron chi connectivity index (χ3n) is 3.21. The minimum absolute atomic E-state index is 0.0128. The molecule has 0 saturated heterocycles. The topological polar surface area (TPSA) is 129 Å². The van der Waals surface area contributed by atoms with Crippen LogP contribution in [0.1, 0.15) is 27.9 Å². The molecular weight excluding hydrogens is 312 g/mol. The van der Waals surface area contributed by atoms with E-state index in [0.29, 0.717) is 12.1 Å². The summed E-state index contributed by atoms with van der Waals surface area (Å²) in [4.78, 5) is 31.8. The Labute approximate surface area is 136 Å². The fourth-order valence-corrected chi connectivity index (χ4v) is 2.04. The van der Waals surface area contributed by atoms with Crippen LogP contribution in [0.15, 0.2) is 41.4 Å². The van der Waals surface area contributed by atoms with Crippen LogP contribution >= 0.6 is 0 Å². The molecule has 24 heavy (non-hydrogen) atoms. The summed E-state index contributed by atoms with van der Waals surface area (Å²) in [6, 6.07) is 3.49. The summed E-state index contributed by atoms with van der Waals surface area (Å²) >= 11 is 0. The number of nitrogens with two attached hydrogens (primary N) is 1. The van der Waals surface area contributed by atoms with Crippen molar-refractivity contribution in [2.24, 2.45) is 5.73 Å². The predicted molar refractivity (Wildman–Crippen MR) is 84.1 cm³/mol. The van der Waals surface area contributed by atoms with Gasteiger partial charge in [0, 0.05) is 25.1 Å². The van der Waals surface area contributed by atoms with Gasteiger partial charge >= 0.3 is 0 Å². The van der Waals surface area contributed by atoms with Crippen LogP contribution in [0.25, 0.3) is 11.5 Å². The molecule has 3 N–H and O–H groups in total. The van der Waals surface area contributed by atoms with E-state index in [0.717, 1.165) is 0 Å². The van der Waals surface area contributed by atoms with Gasteiger partial charge in [0.2, 0.25) is 5.89 Å². The van der Waals surface area contributed by atoms with E-state index in [1.165, 1.54) is 17.1 Å². The van der Waals surface area contributed by atoms with E-state index in [2.05, 4.69) is 20.4 Å². The minimum atomic E-state index is -0.728. The Kier molecular flexibility index (Phi) is 4.06. The predicted octanol–water partition coefficient (Wildman–Crippen LogP) is 1.30. The molecule has 0 saturated carbocycles. The van der Waals surface area contributed by atoms with Gasteiger partial charge in [0.1, 0.15) is 6.26 Å². The SMILES string of the molecule is CCn1cc(NC(=O)c2coc(-c3cccnc3)n2)c(C(N)=O)n1. The van der Waals surface area contributed by atoms with Gasteiger partial charge in [-0.25, -0.2) is 4.98 Å². The maximum Gasteiger partial charge on any atom is 0.277 e. The van der Waals surface area contributed by atoms with Gasteiger partial charge in [-0.15, -0.1) is 0 Å². The fraction of sp³-hybridized carbons (Fsp3) is 0.133. The van der Waals surface area contributed by atoms with Crippen LogP contribution in [-0.4, -0.2) is 31.6 Å². The molecule has 9 heteroatoms. The summed E-state index contributed by atoms with van der Waals surface area (Å²) < 4.78 is 6.79. The van der Waals surface area contributed by atoms with E-state index >= 15 is 0 Å². The molecule has 0 aromatic carbocycles. The second-order valence-electron chi connectivity index (χ2n) is 4.85. The first-order valence-electron chi connectivity index (χ1n) is 7.13. The van der Waals surface area contributed by atoms with Gasteiger partial charge in [0.25, 0.3) is 11.8 Å². The number of rotatable bonds is 5. The van der Waals surface area contributed by atoms with Crippen LogP contribution in [0.3, 0.4) is 0 Å². The maximum absolute atomic E-state index is 12.3. The Bertz CT molecular complexity index is 884. The highest BCUT2D eigenvalue weighted by atomic mass is 16.3. The van der Waals surface area contributed by atoms with Crippen LogP contribution in [0.2, 0.25) is 0 Å². The number of nitrogens with zero attached hydrogens (tertiary/aromatic N) is 4. The largest absolute Gasteiger partial charge is 0.444 e. The van der Waals surface area contributed by atoms with Crippen LogP contribution in [0.4, 0.5) is 5.69 Å². The van der Waals surface area contributed by atoms with Crippen molar-refractivity contribution >= 4 is 17.5 Å². The first-order chi connectivity index (χ1) is 11.6. The molecule has 0 atom stereocenters. The number of hydrogen-bond acceptors (Lipinski definition) is 6. The summed E-state index contributed by atoms with van der Waals surface area (Å²) in [7, 11) is 0. The zero-order valence-corrected chi connectivity index (χ0v) is 12.8. The van der Waals surface area contributed by atoms with Crippen molar-refractivity contribution in [2.75, 3.05) is 5.32 Å². The molecule has 3 aromatic heterocycles. The molecule has 0 unspecified atom stereocenters. The Hall–Kier alpha value is -3.49. The molecule has 9 nitrogen and oxygen atoms in total. The number of anilines is 1. The Morgan fingerprint density at radius 1 is 1.42 bits per heavy atom. The van der Waals surface area contributed by atoms with Crippen molar-refractivity contribution in [3.63, 3.8) is 0 Å². The monoisotopic (exact) mass is 326 g/mol. The van der Waals surface area contributed by atoms with Crippen molar-refractivity contribution in [1.29, 1.82) is 0 Å². The molecule has 2 amide bonds. The molecule has 0 spiro atoms. The number of hydrogen-bond donors (Lipinski definition) is 2. The molecule has 0 radical (unpaired) electrons. The average molecular weight is 326 g/mol. The normalized spacial score (nSPS) is 10.5. The number of nitrogens with one attached hydrogen (secondary N) is 1. The van der Waals surface area contributed by atoms with Gasteiger partial charge in [0.15, 0.2) is 11.4 Å². The standard InChI is InChI=1S/C15H14N6O3/c1-2-21-7-10(12(20-21)13(16)22)18-14(23)11-8-24-15(19-11)9-4-3-5-17-6-9/h3-8H,2H2,1H3,(H2,16,22)(H,18,23). The number of pyridine rings is 1. The smallest absolute Gasteiger partial charge is 0.277 e. The maximum atomic E-state index is 12.3. The first kappa shape index (κ1) is 15.4. The van der Waals surface area contributed by atoms with E-state index < -0.39 is 11.8 Å². The van der Waals surface area contributed by atoms with Gasteiger partial charge in [-0.05, 0) is 19.1 Å². The van der Waals surface area contributed by atoms with Crippen molar-refractivity contribution < 1.29 is 14.0 Å². The average Bonchev–Trinajstić information content (AvgIpc) is 3.22. The summed E-state index contributed by atoms with van der Waals surface area (Å²) in [5.41, 5.74) is 6.19. The van der Waals surface area contributed by atoms with E-state index in [9.17, 15) is 9.59 Å². The lowest BCUT2D eigenvalue weighted by molar-refractivity contribution is 0.0995. The van der Waals surface area contributed by atoms with E-state index in [1.54, 1.807) is 24.5 Å². The number of carbonyl (C=O) groups excluding carboxylic acids is 2. The van der Waals surface area contributed by atoms with E-state index in [1.807, 2.05) is 6.92 Å². The molecule has 0 aliphatic carbocycles. The zero-order valence-electron chi connectivity index (χ0n) is 12.8. The Balaban J connectivity index is 1.82. The Morgan fingerprint density at radius 2 is 2.25 bits per heavy atom. The molecular formula is C15H14N6O3. The van der Waals surface area contributed by atoms with Crippen molar-refractivity contribution in [2.45, 2.75) is 13.5 Å². The van der Waals surface area contributed by atoms with Crippen molar-refractivity contribution in [3.05, 3.63) is 48.4 Å². The first-order valence-corrected chi connectivity index (χ1v) is 7.13. The van der Waals surface area contributed by atoms with E-state index in [-0.39, 0.29) is 23.0 Å². The lowest BCUT2D eigenvalue weighted by Gasteiger charge is -2.00. The number of primary amides is 1. The van der Waals surface area contributed by atoms with Gasteiger partial charge in [-0.3, -0.25) is 19.3 Å². The third kappa shape index (κ3) is 3.00. The highest BCUT2D eigenvalue weighted by Crippen LogP contribution is 2.19. The van der Waals surface area contributed by atoms with E-state index in [4.69, 9.17) is 10.2 Å². The van der Waals surface area contributed by atoms with Gasteiger partial charge < -0.3 is 15.5 Å². The summed E-state index contributed by atoms with van der Waals surface area (Å²) in [6.45, 7) is 2.38. The Morgan fingerprint density at radius 3 is 2.92 bits per heavy atom. The lowest BCUT2D eigenvalue weighted by atomic mass is 10.3. The number of amides is 2. The summed E-state index contributed by atoms with van der Waals surface area (Å²) in [5, 5.41) is 6.57. The molecule has 3 aromatic rings. The van der Waals surface area contributed by atoms with Crippen molar-refractivity contribution in [3.8, 4) is 11.5 Å². The van der Waals surface area contributed by atoms with Crippen LogP contribution in [-0.2, 0) is 6.54 Å². The van der Waals surface area contributed by atoms with Gasteiger partial charge in [-0.1, -0.05) is 0 Å². The highest BCUT2D eigenvalue weighted by molar-refractivity contribution is 6.07. The highest BCUT2D eigenvalue weighted by Gasteiger charge is 2.19. The van der Waals surface area contributed by atoms with Gasteiger partial charge in [-0.2, -0.15) is 5.10 Å². The van der Waals surface area contributed by atoms with Crippen LogP contribution in [0.5, 0.6) is 0 Å². The number of carbonyl (C=O) groups is 2. The quantitative estimate of drug-likeness (QED) is 0.727. The number of oxazole rings is 1. The molecule has 122 valence electrons. The molecule has 0 fully saturated rings. The zero-order chi connectivity index (χ0) is 17.1. The molecule has 0 bridgehead atoms.